The minimum Gasteiger partial charge on any atom is -0.478 e. The maximum atomic E-state index is 11.9. The van der Waals surface area contributed by atoms with Crippen LogP contribution >= 0.6 is 0 Å². The molecule has 1 aromatic heterocycles. The number of carbonyl (C=O) groups excluding carboxylic acids is 1. The Morgan fingerprint density at radius 1 is 1.29 bits per heavy atom. The number of carboxylic acids is 1. The van der Waals surface area contributed by atoms with Crippen LogP contribution in [-0.4, -0.2) is 39.3 Å². The van der Waals surface area contributed by atoms with Crippen LogP contribution in [0.15, 0.2) is 36.7 Å². The number of nitrogens with zero attached hydrogens (tertiary/aromatic N) is 2. The fourth-order valence-corrected chi connectivity index (χ4v) is 1.79. The summed E-state index contributed by atoms with van der Waals surface area (Å²) in [7, 11) is 1.69. The Morgan fingerprint density at radius 3 is 2.57 bits per heavy atom. The summed E-state index contributed by atoms with van der Waals surface area (Å²) in [4.78, 5) is 24.2. The lowest BCUT2D eigenvalue weighted by Crippen LogP contribution is -2.36. The van der Waals surface area contributed by atoms with Gasteiger partial charge in [0.25, 0.3) is 0 Å². The molecule has 0 bridgehead atoms. The number of hydrogen-bond acceptors (Lipinski definition) is 3. The molecule has 110 valence electrons. The van der Waals surface area contributed by atoms with Crippen LogP contribution in [0, 0.1) is 0 Å². The highest BCUT2D eigenvalue weighted by Crippen LogP contribution is 2.05. The SMILES string of the molecule is CN(Cc1cn[nH]c1)C(=O)NCc1ccc(C(=O)O)cc1. The molecule has 3 N–H and O–H groups in total. The van der Waals surface area contributed by atoms with Gasteiger partial charge in [0.15, 0.2) is 0 Å². The van der Waals surface area contributed by atoms with Crippen molar-refractivity contribution >= 4 is 12.0 Å². The molecule has 2 rings (SSSR count). The number of urea groups is 1. The van der Waals surface area contributed by atoms with E-state index in [2.05, 4.69) is 15.5 Å². The molecule has 0 aliphatic carbocycles. The molecule has 0 aliphatic heterocycles. The quantitative estimate of drug-likeness (QED) is 0.775. The van der Waals surface area contributed by atoms with Crippen LogP contribution in [0.25, 0.3) is 0 Å². The number of rotatable bonds is 5. The largest absolute Gasteiger partial charge is 0.478 e. The number of carboxylic acid groups (broad SMARTS) is 1. The maximum Gasteiger partial charge on any atom is 0.335 e. The number of aromatic amines is 1. The molecule has 0 fully saturated rings. The van der Waals surface area contributed by atoms with Crippen LogP contribution in [0.5, 0.6) is 0 Å². The van der Waals surface area contributed by atoms with E-state index in [4.69, 9.17) is 5.11 Å². The highest BCUT2D eigenvalue weighted by molar-refractivity contribution is 5.87. The van der Waals surface area contributed by atoms with E-state index >= 15 is 0 Å². The van der Waals surface area contributed by atoms with Crippen LogP contribution in [0.3, 0.4) is 0 Å². The second kappa shape index (κ2) is 6.56. The molecule has 1 heterocycles. The van der Waals surface area contributed by atoms with E-state index in [1.54, 1.807) is 31.6 Å². The smallest absolute Gasteiger partial charge is 0.335 e. The number of nitrogens with one attached hydrogen (secondary N) is 2. The number of carbonyl (C=O) groups is 2. The number of benzene rings is 1. The summed E-state index contributed by atoms with van der Waals surface area (Å²) in [5.74, 6) is -0.967. The Morgan fingerprint density at radius 2 is 2.00 bits per heavy atom. The Kier molecular flexibility index (Phi) is 4.55. The molecule has 0 aliphatic rings. The van der Waals surface area contributed by atoms with Gasteiger partial charge in [-0.3, -0.25) is 5.10 Å². The molecule has 21 heavy (non-hydrogen) atoms. The molecular weight excluding hydrogens is 272 g/mol. The molecule has 7 nitrogen and oxygen atoms in total. The zero-order chi connectivity index (χ0) is 15.2. The normalized spacial score (nSPS) is 10.1. The van der Waals surface area contributed by atoms with Gasteiger partial charge in [-0.25, -0.2) is 9.59 Å². The predicted molar refractivity (Wildman–Crippen MR) is 75.7 cm³/mol. The zero-order valence-electron chi connectivity index (χ0n) is 11.5. The van der Waals surface area contributed by atoms with E-state index in [1.165, 1.54) is 17.0 Å². The summed E-state index contributed by atoms with van der Waals surface area (Å²) in [6, 6.07) is 6.18. The molecular formula is C14H16N4O3. The fraction of sp³-hybridized carbons (Fsp3) is 0.214. The summed E-state index contributed by atoms with van der Waals surface area (Å²) in [6.45, 7) is 0.800. The van der Waals surface area contributed by atoms with Gasteiger partial charge in [0, 0.05) is 25.4 Å². The summed E-state index contributed by atoms with van der Waals surface area (Å²) in [5.41, 5.74) is 1.98. The van der Waals surface area contributed by atoms with Gasteiger partial charge in [0.1, 0.15) is 0 Å². The maximum absolute atomic E-state index is 11.9. The molecule has 7 heteroatoms. The van der Waals surface area contributed by atoms with Crippen molar-refractivity contribution in [3.05, 3.63) is 53.3 Å². The first kappa shape index (κ1) is 14.6. The van der Waals surface area contributed by atoms with Crippen molar-refractivity contribution in [3.8, 4) is 0 Å². The third-order valence-electron chi connectivity index (χ3n) is 2.97. The molecule has 1 aromatic carbocycles. The molecule has 2 amide bonds. The summed E-state index contributed by atoms with van der Waals surface area (Å²) < 4.78 is 0. The topological polar surface area (TPSA) is 98.3 Å². The van der Waals surface area contributed by atoms with Crippen LogP contribution in [-0.2, 0) is 13.1 Å². The first-order chi connectivity index (χ1) is 10.1. The van der Waals surface area contributed by atoms with Crippen molar-refractivity contribution < 1.29 is 14.7 Å². The zero-order valence-corrected chi connectivity index (χ0v) is 11.5. The monoisotopic (exact) mass is 288 g/mol. The van der Waals surface area contributed by atoms with Crippen molar-refractivity contribution in [3.63, 3.8) is 0 Å². The summed E-state index contributed by atoms with van der Waals surface area (Å²) >= 11 is 0. The molecule has 0 saturated carbocycles. The molecule has 0 spiro atoms. The number of amides is 2. The van der Waals surface area contributed by atoms with Crippen LogP contribution < -0.4 is 5.32 Å². The van der Waals surface area contributed by atoms with Crippen molar-refractivity contribution in [2.24, 2.45) is 0 Å². The van der Waals surface area contributed by atoms with E-state index in [0.717, 1.165) is 11.1 Å². The molecule has 0 radical (unpaired) electrons. The number of aromatic carboxylic acids is 1. The number of H-pyrrole nitrogens is 1. The highest BCUT2D eigenvalue weighted by atomic mass is 16.4. The van der Waals surface area contributed by atoms with E-state index in [1.807, 2.05) is 0 Å². The second-order valence-electron chi connectivity index (χ2n) is 4.62. The lowest BCUT2D eigenvalue weighted by atomic mass is 10.1. The Balaban J connectivity index is 1.84. The first-order valence-electron chi connectivity index (χ1n) is 6.35. The van der Waals surface area contributed by atoms with Crippen molar-refractivity contribution in [1.29, 1.82) is 0 Å². The van der Waals surface area contributed by atoms with Crippen LogP contribution in [0.2, 0.25) is 0 Å². The van der Waals surface area contributed by atoms with E-state index in [-0.39, 0.29) is 11.6 Å². The second-order valence-corrected chi connectivity index (χ2v) is 4.62. The third kappa shape index (κ3) is 4.07. The van der Waals surface area contributed by atoms with Crippen LogP contribution in [0.4, 0.5) is 4.79 Å². The highest BCUT2D eigenvalue weighted by Gasteiger charge is 2.09. The minimum absolute atomic E-state index is 0.210. The Bertz CT molecular complexity index is 608. The lowest BCUT2D eigenvalue weighted by molar-refractivity contribution is 0.0697. The van der Waals surface area contributed by atoms with E-state index < -0.39 is 5.97 Å². The van der Waals surface area contributed by atoms with E-state index in [9.17, 15) is 9.59 Å². The average Bonchev–Trinajstić information content (AvgIpc) is 2.98. The Hall–Kier alpha value is -2.83. The van der Waals surface area contributed by atoms with Crippen molar-refractivity contribution in [2.45, 2.75) is 13.1 Å². The van der Waals surface area contributed by atoms with Gasteiger partial charge in [0.05, 0.1) is 18.3 Å². The van der Waals surface area contributed by atoms with Gasteiger partial charge in [-0.15, -0.1) is 0 Å². The lowest BCUT2D eigenvalue weighted by Gasteiger charge is -2.17. The Labute approximate surface area is 121 Å². The van der Waals surface area contributed by atoms with Crippen molar-refractivity contribution in [1.82, 2.24) is 20.4 Å². The van der Waals surface area contributed by atoms with Crippen molar-refractivity contribution in [2.75, 3.05) is 7.05 Å². The van der Waals surface area contributed by atoms with Gasteiger partial charge in [0.2, 0.25) is 0 Å². The molecule has 0 unspecified atom stereocenters. The van der Waals surface area contributed by atoms with Gasteiger partial charge < -0.3 is 15.3 Å². The van der Waals surface area contributed by atoms with Crippen LogP contribution in [0.1, 0.15) is 21.5 Å². The average molecular weight is 288 g/mol. The summed E-state index contributed by atoms with van der Waals surface area (Å²) in [5, 5.41) is 18.1. The predicted octanol–water partition coefficient (Wildman–Crippen LogP) is 1.45. The van der Waals surface area contributed by atoms with Gasteiger partial charge in [-0.05, 0) is 17.7 Å². The number of hydrogen-bond donors (Lipinski definition) is 3. The number of aromatic nitrogens is 2. The standard InChI is InChI=1S/C14H16N4O3/c1-18(9-11-7-16-17-8-11)14(21)15-6-10-2-4-12(5-3-10)13(19)20/h2-5,7-8H,6,9H2,1H3,(H,15,21)(H,16,17)(H,19,20). The van der Waals surface area contributed by atoms with Gasteiger partial charge in [-0.2, -0.15) is 5.10 Å². The summed E-state index contributed by atoms with van der Waals surface area (Å²) in [6.07, 6.45) is 3.39. The third-order valence-corrected chi connectivity index (χ3v) is 2.97. The first-order valence-corrected chi connectivity index (χ1v) is 6.35. The molecule has 0 atom stereocenters. The van der Waals surface area contributed by atoms with E-state index in [0.29, 0.717) is 13.1 Å². The fourth-order valence-electron chi connectivity index (χ4n) is 1.79. The minimum atomic E-state index is -0.967. The molecule has 0 saturated heterocycles. The van der Waals surface area contributed by atoms with Gasteiger partial charge in [-0.1, -0.05) is 12.1 Å². The molecule has 2 aromatic rings. The van der Waals surface area contributed by atoms with Gasteiger partial charge >= 0.3 is 12.0 Å².